The topological polar surface area (TPSA) is 12.9 Å². The highest BCUT2D eigenvalue weighted by atomic mass is 35.5. The molecule has 0 saturated heterocycles. The van der Waals surface area contributed by atoms with Gasteiger partial charge in [-0.3, -0.25) is 0 Å². The van der Waals surface area contributed by atoms with Gasteiger partial charge in [0.1, 0.15) is 5.01 Å². The minimum atomic E-state index is -4.25. The van der Waals surface area contributed by atoms with Crippen molar-refractivity contribution < 1.29 is 13.2 Å². The first-order valence-corrected chi connectivity index (χ1v) is 7.57. The molecule has 102 valence electrons. The molecule has 0 unspecified atom stereocenters. The molecule has 0 amide bonds. The van der Waals surface area contributed by atoms with Crippen LogP contribution in [0.3, 0.4) is 0 Å². The molecule has 0 saturated carbocycles. The Kier molecular flexibility index (Phi) is 4.76. The van der Waals surface area contributed by atoms with Gasteiger partial charge in [-0.05, 0) is 23.9 Å². The van der Waals surface area contributed by atoms with Crippen molar-refractivity contribution >= 4 is 34.7 Å². The van der Waals surface area contributed by atoms with Crippen LogP contribution in [0.15, 0.2) is 34.5 Å². The van der Waals surface area contributed by atoms with Crippen LogP contribution in [-0.4, -0.2) is 16.4 Å². The van der Waals surface area contributed by atoms with E-state index in [4.69, 9.17) is 11.6 Å². The number of aromatic nitrogens is 1. The normalized spacial score (nSPS) is 11.8. The molecule has 0 aliphatic rings. The second-order valence-corrected chi connectivity index (χ2v) is 6.03. The minimum absolute atomic E-state index is 0.116. The van der Waals surface area contributed by atoms with Crippen LogP contribution in [-0.2, 0) is 6.42 Å². The molecule has 0 aliphatic carbocycles. The zero-order chi connectivity index (χ0) is 13.9. The maximum absolute atomic E-state index is 12.2. The summed E-state index contributed by atoms with van der Waals surface area (Å²) in [6.45, 7) is 0. The average molecular weight is 324 g/mol. The fourth-order valence-corrected chi connectivity index (χ4v) is 3.04. The Morgan fingerprint density at radius 1 is 1.21 bits per heavy atom. The lowest BCUT2D eigenvalue weighted by atomic mass is 10.2. The van der Waals surface area contributed by atoms with Crippen molar-refractivity contribution in [3.8, 4) is 10.6 Å². The number of rotatable bonds is 4. The molecule has 0 N–H and O–H groups in total. The highest BCUT2D eigenvalue weighted by Gasteiger charge is 2.29. The van der Waals surface area contributed by atoms with E-state index in [9.17, 15) is 13.2 Å². The molecule has 0 fully saturated rings. The second kappa shape index (κ2) is 6.15. The molecular weight excluding hydrogens is 315 g/mol. The van der Waals surface area contributed by atoms with Crippen molar-refractivity contribution in [1.82, 2.24) is 4.98 Å². The lowest BCUT2D eigenvalue weighted by Crippen LogP contribution is -1.98. The number of aryl methyl sites for hydroxylation is 1. The Labute approximate surface area is 121 Å². The smallest absolute Gasteiger partial charge is 0.241 e. The predicted molar refractivity (Wildman–Crippen MR) is 73.9 cm³/mol. The molecular formula is C12H9ClF3NS2. The Hall–Kier alpha value is -0.720. The minimum Gasteiger partial charge on any atom is -0.241 e. The zero-order valence-corrected chi connectivity index (χ0v) is 12.0. The molecule has 1 aromatic heterocycles. The predicted octanol–water partition coefficient (Wildman–Crippen LogP) is 5.20. The highest BCUT2D eigenvalue weighted by molar-refractivity contribution is 8.00. The van der Waals surface area contributed by atoms with E-state index in [1.807, 2.05) is 5.38 Å². The molecule has 7 heteroatoms. The summed E-state index contributed by atoms with van der Waals surface area (Å²) in [7, 11) is 0. The number of benzene rings is 1. The number of thioether (sulfide) groups is 1. The van der Waals surface area contributed by atoms with E-state index < -0.39 is 5.51 Å². The molecule has 2 aromatic rings. The molecule has 0 aliphatic heterocycles. The van der Waals surface area contributed by atoms with Crippen molar-refractivity contribution in [1.29, 1.82) is 0 Å². The van der Waals surface area contributed by atoms with E-state index in [1.165, 1.54) is 23.5 Å². The van der Waals surface area contributed by atoms with Crippen LogP contribution in [0.2, 0.25) is 0 Å². The van der Waals surface area contributed by atoms with Crippen molar-refractivity contribution in [2.24, 2.45) is 0 Å². The van der Waals surface area contributed by atoms with Crippen molar-refractivity contribution in [2.45, 2.75) is 16.8 Å². The maximum Gasteiger partial charge on any atom is 0.446 e. The molecule has 0 spiro atoms. The van der Waals surface area contributed by atoms with Crippen molar-refractivity contribution in [3.05, 3.63) is 35.3 Å². The number of alkyl halides is 4. The molecule has 0 atom stereocenters. The first-order chi connectivity index (χ1) is 8.98. The number of nitrogens with zero attached hydrogens (tertiary/aromatic N) is 1. The summed E-state index contributed by atoms with van der Waals surface area (Å²) in [5, 5.41) is 2.71. The van der Waals surface area contributed by atoms with Crippen LogP contribution in [0.25, 0.3) is 10.6 Å². The molecule has 1 aromatic carbocycles. The quantitative estimate of drug-likeness (QED) is 0.566. The summed E-state index contributed by atoms with van der Waals surface area (Å²) in [5.74, 6) is 0.504. The lowest BCUT2D eigenvalue weighted by molar-refractivity contribution is -0.0328. The van der Waals surface area contributed by atoms with E-state index in [1.54, 1.807) is 12.1 Å². The number of thiazole rings is 1. The standard InChI is InChI=1S/C12H9ClF3NS2/c13-6-5-9-7-18-11(17-9)8-1-3-10(4-2-8)19-12(14,15)16/h1-4,7H,5-6H2. The summed E-state index contributed by atoms with van der Waals surface area (Å²) in [4.78, 5) is 4.55. The summed E-state index contributed by atoms with van der Waals surface area (Å²) >= 11 is 6.98. The molecule has 0 radical (unpaired) electrons. The first kappa shape index (κ1) is 14.7. The number of hydrogen-bond donors (Lipinski definition) is 0. The SMILES string of the molecule is FC(F)(F)Sc1ccc(-c2nc(CCCl)cs2)cc1. The van der Waals surface area contributed by atoms with Gasteiger partial charge in [0.2, 0.25) is 0 Å². The maximum atomic E-state index is 12.2. The van der Waals surface area contributed by atoms with Crippen molar-refractivity contribution in [3.63, 3.8) is 0 Å². The van der Waals surface area contributed by atoms with Crippen LogP contribution < -0.4 is 0 Å². The summed E-state index contributed by atoms with van der Waals surface area (Å²) in [5.41, 5.74) is -2.53. The summed E-state index contributed by atoms with van der Waals surface area (Å²) < 4.78 is 36.6. The summed E-state index contributed by atoms with van der Waals surface area (Å²) in [6.07, 6.45) is 0.695. The molecule has 2 rings (SSSR count). The Morgan fingerprint density at radius 3 is 2.47 bits per heavy atom. The fraction of sp³-hybridized carbons (Fsp3) is 0.250. The van der Waals surface area contributed by atoms with Gasteiger partial charge < -0.3 is 0 Å². The molecule has 1 nitrogen and oxygen atoms in total. The molecule has 19 heavy (non-hydrogen) atoms. The Bertz CT molecular complexity index is 537. The van der Waals surface area contributed by atoms with E-state index in [0.29, 0.717) is 12.3 Å². The first-order valence-electron chi connectivity index (χ1n) is 5.34. The van der Waals surface area contributed by atoms with Gasteiger partial charge in [-0.2, -0.15) is 13.2 Å². The molecule has 0 bridgehead atoms. The number of hydrogen-bond acceptors (Lipinski definition) is 3. The number of halogens is 4. The summed E-state index contributed by atoms with van der Waals surface area (Å²) in [6, 6.07) is 6.21. The van der Waals surface area contributed by atoms with E-state index in [-0.39, 0.29) is 16.7 Å². The van der Waals surface area contributed by atoms with Gasteiger partial charge in [-0.15, -0.1) is 22.9 Å². The molecule has 1 heterocycles. The van der Waals surface area contributed by atoms with E-state index in [0.717, 1.165) is 16.3 Å². The van der Waals surface area contributed by atoms with Gasteiger partial charge in [0, 0.05) is 28.1 Å². The van der Waals surface area contributed by atoms with Crippen LogP contribution in [0.1, 0.15) is 5.69 Å². The third kappa shape index (κ3) is 4.40. The van der Waals surface area contributed by atoms with Crippen LogP contribution >= 0.6 is 34.7 Å². The van der Waals surface area contributed by atoms with Gasteiger partial charge in [0.25, 0.3) is 0 Å². The fourth-order valence-electron chi connectivity index (χ4n) is 1.45. The monoisotopic (exact) mass is 323 g/mol. The van der Waals surface area contributed by atoms with Gasteiger partial charge in [0.05, 0.1) is 5.69 Å². The van der Waals surface area contributed by atoms with Gasteiger partial charge in [-0.1, -0.05) is 12.1 Å². The van der Waals surface area contributed by atoms with E-state index >= 15 is 0 Å². The van der Waals surface area contributed by atoms with E-state index in [2.05, 4.69) is 4.98 Å². The highest BCUT2D eigenvalue weighted by Crippen LogP contribution is 2.37. The Balaban J connectivity index is 2.13. The second-order valence-electron chi connectivity index (χ2n) is 3.66. The Morgan fingerprint density at radius 2 is 1.89 bits per heavy atom. The van der Waals surface area contributed by atoms with Crippen molar-refractivity contribution in [2.75, 3.05) is 5.88 Å². The lowest BCUT2D eigenvalue weighted by Gasteiger charge is -2.05. The van der Waals surface area contributed by atoms with Crippen LogP contribution in [0.4, 0.5) is 13.2 Å². The third-order valence-electron chi connectivity index (χ3n) is 2.24. The van der Waals surface area contributed by atoms with Crippen LogP contribution in [0.5, 0.6) is 0 Å². The van der Waals surface area contributed by atoms with Gasteiger partial charge in [-0.25, -0.2) is 4.98 Å². The van der Waals surface area contributed by atoms with Gasteiger partial charge in [0.15, 0.2) is 0 Å². The van der Waals surface area contributed by atoms with Gasteiger partial charge >= 0.3 is 5.51 Å². The van der Waals surface area contributed by atoms with Crippen LogP contribution in [0, 0.1) is 0 Å². The zero-order valence-electron chi connectivity index (χ0n) is 9.58. The third-order valence-corrected chi connectivity index (χ3v) is 4.11. The average Bonchev–Trinajstić information content (AvgIpc) is 2.77. The largest absolute Gasteiger partial charge is 0.446 e.